The van der Waals surface area contributed by atoms with Crippen LogP contribution >= 0.6 is 11.6 Å². The standard InChI is InChI=1S/C18H18ClN3O4/c1-26-15-5-6-16(23)12(9-15)11-20-22-18(25)8-7-17(24)21-14-4-2-3-13(19)10-14/h2-6,9-11,23H,7-8H2,1H3,(H,21,24)(H,22,25). The van der Waals surface area contributed by atoms with Crippen molar-refractivity contribution < 1.29 is 19.4 Å². The van der Waals surface area contributed by atoms with E-state index in [0.29, 0.717) is 22.0 Å². The second-order valence-corrected chi connectivity index (χ2v) is 5.71. The molecule has 2 amide bonds. The molecule has 0 aliphatic rings. The number of aromatic hydroxyl groups is 1. The number of amides is 2. The summed E-state index contributed by atoms with van der Waals surface area (Å²) in [6, 6.07) is 11.4. The number of methoxy groups -OCH3 is 1. The molecule has 2 aromatic rings. The van der Waals surface area contributed by atoms with Gasteiger partial charge in [-0.2, -0.15) is 5.10 Å². The average Bonchev–Trinajstić information content (AvgIpc) is 2.61. The summed E-state index contributed by atoms with van der Waals surface area (Å²) in [6.45, 7) is 0. The predicted molar refractivity (Wildman–Crippen MR) is 99.7 cm³/mol. The molecule has 0 heterocycles. The van der Waals surface area contributed by atoms with Crippen LogP contribution in [0.1, 0.15) is 18.4 Å². The van der Waals surface area contributed by atoms with Crippen LogP contribution in [0.15, 0.2) is 47.6 Å². The van der Waals surface area contributed by atoms with E-state index in [1.165, 1.54) is 19.4 Å². The van der Waals surface area contributed by atoms with Crippen molar-refractivity contribution in [2.45, 2.75) is 12.8 Å². The van der Waals surface area contributed by atoms with Gasteiger partial charge in [0.1, 0.15) is 11.5 Å². The van der Waals surface area contributed by atoms with Crippen LogP contribution in [0.3, 0.4) is 0 Å². The molecular weight excluding hydrogens is 358 g/mol. The normalized spacial score (nSPS) is 10.5. The minimum Gasteiger partial charge on any atom is -0.507 e. The molecule has 0 unspecified atom stereocenters. The maximum Gasteiger partial charge on any atom is 0.240 e. The highest BCUT2D eigenvalue weighted by Gasteiger charge is 2.07. The molecule has 0 aliphatic carbocycles. The Morgan fingerprint density at radius 3 is 2.69 bits per heavy atom. The van der Waals surface area contributed by atoms with Crippen LogP contribution in [0, 0.1) is 0 Å². The van der Waals surface area contributed by atoms with E-state index in [4.69, 9.17) is 16.3 Å². The largest absolute Gasteiger partial charge is 0.507 e. The van der Waals surface area contributed by atoms with Gasteiger partial charge < -0.3 is 15.2 Å². The van der Waals surface area contributed by atoms with Crippen LogP contribution in [-0.4, -0.2) is 30.2 Å². The summed E-state index contributed by atoms with van der Waals surface area (Å²) in [5, 5.41) is 16.6. The lowest BCUT2D eigenvalue weighted by Crippen LogP contribution is -2.20. The van der Waals surface area contributed by atoms with E-state index >= 15 is 0 Å². The molecule has 0 radical (unpaired) electrons. The Morgan fingerprint density at radius 2 is 1.96 bits per heavy atom. The third-order valence-corrected chi connectivity index (χ3v) is 3.55. The van der Waals surface area contributed by atoms with E-state index in [2.05, 4.69) is 15.8 Å². The van der Waals surface area contributed by atoms with E-state index in [0.717, 1.165) is 0 Å². The fourth-order valence-corrected chi connectivity index (χ4v) is 2.20. The lowest BCUT2D eigenvalue weighted by Gasteiger charge is -2.05. The first kappa shape index (κ1) is 19.3. The van der Waals surface area contributed by atoms with Crippen molar-refractivity contribution in [3.63, 3.8) is 0 Å². The maximum atomic E-state index is 11.8. The van der Waals surface area contributed by atoms with Crippen LogP contribution < -0.4 is 15.5 Å². The second-order valence-electron chi connectivity index (χ2n) is 5.28. The van der Waals surface area contributed by atoms with Gasteiger partial charge in [0.15, 0.2) is 0 Å². The molecule has 2 rings (SSSR count). The molecule has 3 N–H and O–H groups in total. The Labute approximate surface area is 155 Å². The summed E-state index contributed by atoms with van der Waals surface area (Å²) < 4.78 is 5.05. The fraction of sp³-hybridized carbons (Fsp3) is 0.167. The number of hydrogen-bond acceptors (Lipinski definition) is 5. The van der Waals surface area contributed by atoms with Gasteiger partial charge in [0.2, 0.25) is 11.8 Å². The zero-order valence-corrected chi connectivity index (χ0v) is 14.8. The van der Waals surface area contributed by atoms with Gasteiger partial charge >= 0.3 is 0 Å². The topological polar surface area (TPSA) is 100 Å². The second kappa shape index (κ2) is 9.43. The monoisotopic (exact) mass is 375 g/mol. The molecule has 0 atom stereocenters. The number of nitrogens with zero attached hydrogens (tertiary/aromatic N) is 1. The molecule has 2 aromatic carbocycles. The van der Waals surface area contributed by atoms with Crippen LogP contribution in [0.5, 0.6) is 11.5 Å². The summed E-state index contributed by atoms with van der Waals surface area (Å²) >= 11 is 5.84. The summed E-state index contributed by atoms with van der Waals surface area (Å²) in [5.41, 5.74) is 3.26. The van der Waals surface area contributed by atoms with Crippen molar-refractivity contribution in [2.24, 2.45) is 5.10 Å². The smallest absolute Gasteiger partial charge is 0.240 e. The van der Waals surface area contributed by atoms with Crippen molar-refractivity contribution >= 4 is 35.3 Å². The van der Waals surface area contributed by atoms with Crippen molar-refractivity contribution in [3.8, 4) is 11.5 Å². The van der Waals surface area contributed by atoms with Crippen molar-refractivity contribution in [2.75, 3.05) is 12.4 Å². The number of hydrazone groups is 1. The highest BCUT2D eigenvalue weighted by Crippen LogP contribution is 2.21. The Morgan fingerprint density at radius 1 is 1.19 bits per heavy atom. The highest BCUT2D eigenvalue weighted by molar-refractivity contribution is 6.30. The number of carbonyl (C=O) groups is 2. The quantitative estimate of drug-likeness (QED) is 0.511. The number of halogens is 1. The summed E-state index contributed by atoms with van der Waals surface area (Å²) in [4.78, 5) is 23.6. The van der Waals surface area contributed by atoms with Gasteiger partial charge in [0.25, 0.3) is 0 Å². The molecule has 26 heavy (non-hydrogen) atoms. The molecule has 0 fully saturated rings. The number of benzene rings is 2. The number of rotatable bonds is 7. The lowest BCUT2D eigenvalue weighted by molar-refractivity contribution is -0.124. The Bertz CT molecular complexity index is 824. The first-order chi connectivity index (χ1) is 12.5. The molecule has 7 nitrogen and oxygen atoms in total. The van der Waals surface area contributed by atoms with E-state index in [1.807, 2.05) is 0 Å². The average molecular weight is 376 g/mol. The van der Waals surface area contributed by atoms with Crippen molar-refractivity contribution in [1.29, 1.82) is 0 Å². The minimum absolute atomic E-state index is 0.00171. The first-order valence-corrected chi connectivity index (χ1v) is 8.10. The first-order valence-electron chi connectivity index (χ1n) is 7.72. The lowest BCUT2D eigenvalue weighted by atomic mass is 10.2. The molecular formula is C18H18ClN3O4. The van der Waals surface area contributed by atoms with Gasteiger partial charge in [0, 0.05) is 29.1 Å². The zero-order chi connectivity index (χ0) is 18.9. The Hall–Kier alpha value is -3.06. The van der Waals surface area contributed by atoms with Crippen LogP contribution in [-0.2, 0) is 9.59 Å². The Kier molecular flexibility index (Phi) is 6.99. The third-order valence-electron chi connectivity index (χ3n) is 3.32. The fourth-order valence-electron chi connectivity index (χ4n) is 2.01. The molecule has 0 bridgehead atoms. The molecule has 0 aliphatic heterocycles. The summed E-state index contributed by atoms with van der Waals surface area (Å²) in [7, 11) is 1.50. The SMILES string of the molecule is COc1ccc(O)c(C=NNC(=O)CCC(=O)Nc2cccc(Cl)c2)c1. The van der Waals surface area contributed by atoms with E-state index in [9.17, 15) is 14.7 Å². The molecule has 0 aromatic heterocycles. The van der Waals surface area contributed by atoms with Crippen molar-refractivity contribution in [1.82, 2.24) is 5.43 Å². The number of ether oxygens (including phenoxy) is 1. The number of carbonyl (C=O) groups excluding carboxylic acids is 2. The zero-order valence-electron chi connectivity index (χ0n) is 14.0. The van der Waals surface area contributed by atoms with Gasteiger partial charge in [-0.15, -0.1) is 0 Å². The molecule has 0 saturated carbocycles. The Balaban J connectivity index is 1.79. The summed E-state index contributed by atoms with van der Waals surface area (Å²) in [5.74, 6) is -0.181. The molecule has 136 valence electrons. The van der Waals surface area contributed by atoms with E-state index in [1.54, 1.807) is 36.4 Å². The van der Waals surface area contributed by atoms with Crippen LogP contribution in [0.4, 0.5) is 5.69 Å². The number of hydrogen-bond donors (Lipinski definition) is 3. The molecule has 8 heteroatoms. The molecule has 0 spiro atoms. The minimum atomic E-state index is -0.426. The van der Waals surface area contributed by atoms with Crippen molar-refractivity contribution in [3.05, 3.63) is 53.1 Å². The number of nitrogens with one attached hydrogen (secondary N) is 2. The third kappa shape index (κ3) is 6.10. The molecule has 0 saturated heterocycles. The maximum absolute atomic E-state index is 11.8. The number of anilines is 1. The van der Waals surface area contributed by atoms with Crippen LogP contribution in [0.25, 0.3) is 0 Å². The van der Waals surface area contributed by atoms with Gasteiger partial charge in [0.05, 0.1) is 13.3 Å². The van der Waals surface area contributed by atoms with Gasteiger partial charge in [-0.05, 0) is 36.4 Å². The van der Waals surface area contributed by atoms with E-state index in [-0.39, 0.29) is 24.5 Å². The number of phenolic OH excluding ortho intramolecular Hbond substituents is 1. The van der Waals surface area contributed by atoms with Crippen LogP contribution in [0.2, 0.25) is 5.02 Å². The predicted octanol–water partition coefficient (Wildman–Crippen LogP) is 2.92. The van der Waals surface area contributed by atoms with Gasteiger partial charge in [-0.25, -0.2) is 5.43 Å². The van der Waals surface area contributed by atoms with E-state index < -0.39 is 5.91 Å². The van der Waals surface area contributed by atoms with Gasteiger partial charge in [-0.3, -0.25) is 9.59 Å². The van der Waals surface area contributed by atoms with Gasteiger partial charge in [-0.1, -0.05) is 17.7 Å². The summed E-state index contributed by atoms with van der Waals surface area (Å²) in [6.07, 6.45) is 1.26. The highest BCUT2D eigenvalue weighted by atomic mass is 35.5. The number of phenols is 1.